The summed E-state index contributed by atoms with van der Waals surface area (Å²) in [5.74, 6) is 0.229. The Morgan fingerprint density at radius 3 is 2.62 bits per heavy atom. The summed E-state index contributed by atoms with van der Waals surface area (Å²) in [7, 11) is 1.55. The molecule has 37 heavy (non-hydrogen) atoms. The van der Waals surface area contributed by atoms with Crippen molar-refractivity contribution < 1.29 is 28.9 Å². The van der Waals surface area contributed by atoms with Gasteiger partial charge >= 0.3 is 0 Å². The number of ether oxygens (including phenoxy) is 3. The molecule has 7 heteroatoms. The molecule has 2 atom stereocenters. The monoisotopic (exact) mass is 499 g/mol. The molecule has 2 aliphatic rings. The van der Waals surface area contributed by atoms with Crippen LogP contribution in [-0.2, 0) is 16.0 Å². The summed E-state index contributed by atoms with van der Waals surface area (Å²) in [4.78, 5) is 28.4. The zero-order chi connectivity index (χ0) is 26.1. The minimum absolute atomic E-state index is 0.0186. The van der Waals surface area contributed by atoms with E-state index < -0.39 is 17.7 Å². The van der Waals surface area contributed by atoms with Crippen LogP contribution in [-0.4, -0.2) is 36.6 Å². The van der Waals surface area contributed by atoms with Gasteiger partial charge in [0.05, 0.1) is 25.3 Å². The highest BCUT2D eigenvalue weighted by atomic mass is 16.5. The molecule has 2 unspecified atom stereocenters. The molecule has 0 radical (unpaired) electrons. The molecule has 2 heterocycles. The summed E-state index contributed by atoms with van der Waals surface area (Å²) in [5.41, 5.74) is 2.56. The molecular formula is C30H29NO6. The number of ketones is 1. The zero-order valence-electron chi connectivity index (χ0n) is 21.1. The van der Waals surface area contributed by atoms with Crippen molar-refractivity contribution in [3.63, 3.8) is 0 Å². The van der Waals surface area contributed by atoms with Gasteiger partial charge < -0.3 is 19.3 Å². The first-order chi connectivity index (χ1) is 17.9. The molecular weight excluding hydrogens is 470 g/mol. The Morgan fingerprint density at radius 2 is 1.84 bits per heavy atom. The smallest absolute Gasteiger partial charge is 0.300 e. The van der Waals surface area contributed by atoms with Gasteiger partial charge in [-0.1, -0.05) is 25.1 Å². The van der Waals surface area contributed by atoms with Crippen molar-refractivity contribution in [2.75, 3.05) is 18.6 Å². The highest BCUT2D eigenvalue weighted by Crippen LogP contribution is 2.44. The Labute approximate surface area is 215 Å². The van der Waals surface area contributed by atoms with Gasteiger partial charge in [-0.15, -0.1) is 0 Å². The van der Waals surface area contributed by atoms with Gasteiger partial charge in [-0.2, -0.15) is 0 Å². The van der Waals surface area contributed by atoms with Crippen molar-refractivity contribution in [2.45, 2.75) is 38.8 Å². The average molecular weight is 500 g/mol. The number of fused-ring (bicyclic) bond motifs is 1. The van der Waals surface area contributed by atoms with E-state index in [1.165, 1.54) is 4.90 Å². The molecule has 3 aromatic rings. The van der Waals surface area contributed by atoms with E-state index in [-0.39, 0.29) is 17.4 Å². The minimum atomic E-state index is -0.861. The average Bonchev–Trinajstić information content (AvgIpc) is 3.42. The lowest BCUT2D eigenvalue weighted by molar-refractivity contribution is -0.132. The number of amides is 1. The maximum atomic E-state index is 13.5. The molecule has 2 aliphatic heterocycles. The van der Waals surface area contributed by atoms with Crippen molar-refractivity contribution in [2.24, 2.45) is 0 Å². The molecule has 190 valence electrons. The second-order valence-electron chi connectivity index (χ2n) is 9.25. The molecule has 0 aromatic heterocycles. The molecule has 1 amide bonds. The van der Waals surface area contributed by atoms with Gasteiger partial charge in [0, 0.05) is 23.7 Å². The number of carbonyl (C=O) groups is 2. The van der Waals surface area contributed by atoms with Crippen LogP contribution in [0.25, 0.3) is 5.76 Å². The number of methoxy groups -OCH3 is 1. The standard InChI is InChI=1S/C30H29NO6/c1-4-13-36-24-10-6-8-22(17-24)31-27(19-7-5-9-23(16-19)35-3)26(29(33)30(31)34)28(32)20-11-12-25-21(15-20)14-18(2)37-25/h5-12,15-18,27,32H,4,13-14H2,1-3H3/b28-26-. The van der Waals surface area contributed by atoms with Crippen molar-refractivity contribution in [1.29, 1.82) is 0 Å². The largest absolute Gasteiger partial charge is 0.507 e. The summed E-state index contributed by atoms with van der Waals surface area (Å²) in [5, 5.41) is 11.5. The number of hydrogen-bond acceptors (Lipinski definition) is 6. The van der Waals surface area contributed by atoms with Crippen LogP contribution in [0.2, 0.25) is 0 Å². The number of benzene rings is 3. The Morgan fingerprint density at radius 1 is 1.05 bits per heavy atom. The van der Waals surface area contributed by atoms with E-state index in [0.717, 1.165) is 17.7 Å². The van der Waals surface area contributed by atoms with Crippen LogP contribution in [0, 0.1) is 0 Å². The van der Waals surface area contributed by atoms with Gasteiger partial charge in [0.2, 0.25) is 0 Å². The molecule has 1 N–H and O–H groups in total. The highest BCUT2D eigenvalue weighted by Gasteiger charge is 2.47. The molecule has 0 spiro atoms. The summed E-state index contributed by atoms with van der Waals surface area (Å²) in [6.07, 6.45) is 1.58. The van der Waals surface area contributed by atoms with E-state index in [4.69, 9.17) is 14.2 Å². The topological polar surface area (TPSA) is 85.3 Å². The number of hydrogen-bond donors (Lipinski definition) is 1. The van der Waals surface area contributed by atoms with E-state index in [0.29, 0.717) is 41.3 Å². The first-order valence-electron chi connectivity index (χ1n) is 12.4. The number of rotatable bonds is 7. The number of Topliss-reactive ketones (excluding diaryl/α,β-unsaturated/α-hetero) is 1. The Balaban J connectivity index is 1.66. The van der Waals surface area contributed by atoms with Gasteiger partial charge in [0.15, 0.2) is 0 Å². The second-order valence-corrected chi connectivity index (χ2v) is 9.25. The SMILES string of the molecule is CCCOc1cccc(N2C(=O)C(=O)/C(=C(\O)c3ccc4c(c3)CC(C)O4)C2c2cccc(OC)c2)c1. The number of aliphatic hydroxyl groups excluding tert-OH is 1. The predicted molar refractivity (Wildman–Crippen MR) is 140 cm³/mol. The lowest BCUT2D eigenvalue weighted by atomic mass is 9.94. The summed E-state index contributed by atoms with van der Waals surface area (Å²) in [6.45, 7) is 4.52. The van der Waals surface area contributed by atoms with Crippen LogP contribution in [0.5, 0.6) is 17.2 Å². The number of carbonyl (C=O) groups excluding carboxylic acids is 2. The molecule has 0 bridgehead atoms. The third kappa shape index (κ3) is 4.53. The van der Waals surface area contributed by atoms with Crippen LogP contribution < -0.4 is 19.1 Å². The van der Waals surface area contributed by atoms with Gasteiger partial charge in [0.25, 0.3) is 11.7 Å². The van der Waals surface area contributed by atoms with Gasteiger partial charge in [-0.3, -0.25) is 14.5 Å². The van der Waals surface area contributed by atoms with Gasteiger partial charge in [0.1, 0.15) is 29.1 Å². The fraction of sp³-hybridized carbons (Fsp3) is 0.267. The van der Waals surface area contributed by atoms with E-state index >= 15 is 0 Å². The van der Waals surface area contributed by atoms with Crippen LogP contribution in [0.3, 0.4) is 0 Å². The zero-order valence-corrected chi connectivity index (χ0v) is 21.1. The first-order valence-corrected chi connectivity index (χ1v) is 12.4. The minimum Gasteiger partial charge on any atom is -0.507 e. The summed E-state index contributed by atoms with van der Waals surface area (Å²) >= 11 is 0. The maximum Gasteiger partial charge on any atom is 0.300 e. The van der Waals surface area contributed by atoms with Crippen molar-refractivity contribution in [3.05, 3.63) is 89.0 Å². The molecule has 3 aromatic carbocycles. The van der Waals surface area contributed by atoms with Gasteiger partial charge in [-0.05, 0) is 66.9 Å². The van der Waals surface area contributed by atoms with Crippen molar-refractivity contribution >= 4 is 23.1 Å². The Hall–Kier alpha value is -4.26. The van der Waals surface area contributed by atoms with E-state index in [9.17, 15) is 14.7 Å². The van der Waals surface area contributed by atoms with E-state index in [1.807, 2.05) is 32.0 Å². The molecule has 1 fully saturated rings. The fourth-order valence-corrected chi connectivity index (χ4v) is 4.89. The Bertz CT molecular complexity index is 1390. The molecule has 7 nitrogen and oxygen atoms in total. The Kier molecular flexibility index (Phi) is 6.61. The normalized spacial score (nSPS) is 20.0. The lowest BCUT2D eigenvalue weighted by Crippen LogP contribution is -2.29. The van der Waals surface area contributed by atoms with Crippen molar-refractivity contribution in [1.82, 2.24) is 0 Å². The number of nitrogens with zero attached hydrogens (tertiary/aromatic N) is 1. The second kappa shape index (κ2) is 10.0. The first kappa shape index (κ1) is 24.4. The number of aliphatic hydroxyl groups is 1. The van der Waals surface area contributed by atoms with Crippen LogP contribution in [0.1, 0.15) is 43.0 Å². The molecule has 0 saturated carbocycles. The third-order valence-electron chi connectivity index (χ3n) is 6.59. The van der Waals surface area contributed by atoms with E-state index in [2.05, 4.69) is 0 Å². The highest BCUT2D eigenvalue weighted by molar-refractivity contribution is 6.51. The predicted octanol–water partition coefficient (Wildman–Crippen LogP) is 5.43. The lowest BCUT2D eigenvalue weighted by Gasteiger charge is -2.26. The molecule has 1 saturated heterocycles. The maximum absolute atomic E-state index is 13.5. The van der Waals surface area contributed by atoms with Crippen molar-refractivity contribution in [3.8, 4) is 17.2 Å². The third-order valence-corrected chi connectivity index (χ3v) is 6.59. The van der Waals surface area contributed by atoms with Crippen LogP contribution in [0.15, 0.2) is 72.3 Å². The summed E-state index contributed by atoms with van der Waals surface area (Å²) < 4.78 is 17.0. The quantitative estimate of drug-likeness (QED) is 0.265. The molecule has 5 rings (SSSR count). The van der Waals surface area contributed by atoms with Crippen LogP contribution >= 0.6 is 0 Å². The number of anilines is 1. The molecule has 0 aliphatic carbocycles. The van der Waals surface area contributed by atoms with Gasteiger partial charge in [-0.25, -0.2) is 0 Å². The van der Waals surface area contributed by atoms with Crippen LogP contribution in [0.4, 0.5) is 5.69 Å². The van der Waals surface area contributed by atoms with E-state index in [1.54, 1.807) is 55.6 Å². The fourth-order valence-electron chi connectivity index (χ4n) is 4.89. The summed E-state index contributed by atoms with van der Waals surface area (Å²) in [6, 6.07) is 18.7.